The summed E-state index contributed by atoms with van der Waals surface area (Å²) in [4.78, 5) is 24.9. The lowest BCUT2D eigenvalue weighted by Crippen LogP contribution is -2.25. The van der Waals surface area contributed by atoms with Crippen molar-refractivity contribution in [1.29, 1.82) is 0 Å². The van der Waals surface area contributed by atoms with Gasteiger partial charge in [0.1, 0.15) is 0 Å². The number of carbonyl (C=O) groups excluding carboxylic acids is 1. The van der Waals surface area contributed by atoms with Crippen molar-refractivity contribution < 1.29 is 14.7 Å². The third-order valence-corrected chi connectivity index (χ3v) is 4.09. The summed E-state index contributed by atoms with van der Waals surface area (Å²) in [7, 11) is 1.77. The smallest absolute Gasteiger partial charge is 0.303 e. The fraction of sp³-hybridized carbons (Fsp3) is 0.500. The summed E-state index contributed by atoms with van der Waals surface area (Å²) in [6, 6.07) is 3.95. The molecule has 1 aromatic heterocycles. The van der Waals surface area contributed by atoms with E-state index in [1.165, 1.54) is 0 Å². The van der Waals surface area contributed by atoms with Crippen molar-refractivity contribution in [1.82, 2.24) is 4.90 Å². The maximum Gasteiger partial charge on any atom is 0.303 e. The lowest BCUT2D eigenvalue weighted by Gasteiger charge is -2.15. The van der Waals surface area contributed by atoms with Crippen molar-refractivity contribution in [3.8, 4) is 0 Å². The number of halogens is 1. The van der Waals surface area contributed by atoms with Crippen molar-refractivity contribution in [3.05, 3.63) is 20.8 Å². The van der Waals surface area contributed by atoms with Crippen LogP contribution >= 0.6 is 27.3 Å². The van der Waals surface area contributed by atoms with E-state index in [1.54, 1.807) is 23.3 Å². The minimum atomic E-state index is -0.806. The van der Waals surface area contributed by atoms with Crippen LogP contribution in [0.2, 0.25) is 0 Å². The Balaban J connectivity index is 2.26. The molecule has 6 heteroatoms. The standard InChI is InChI=1S/C12H16BrNO3S/c1-14(8-9-6-7-10(13)18-9)11(15)4-2-3-5-12(16)17/h6-7H,2-5,8H2,1H3,(H,16,17). The Bertz CT molecular complexity index is 419. The molecule has 1 N–H and O–H groups in total. The summed E-state index contributed by atoms with van der Waals surface area (Å²) < 4.78 is 1.06. The van der Waals surface area contributed by atoms with Gasteiger partial charge in [-0.3, -0.25) is 9.59 Å². The molecule has 1 aromatic rings. The number of thiophene rings is 1. The molecule has 1 rings (SSSR count). The largest absolute Gasteiger partial charge is 0.481 e. The van der Waals surface area contributed by atoms with Crippen molar-refractivity contribution in [2.45, 2.75) is 32.2 Å². The van der Waals surface area contributed by atoms with Crippen molar-refractivity contribution in [2.24, 2.45) is 0 Å². The van der Waals surface area contributed by atoms with Crippen LogP contribution in [0.3, 0.4) is 0 Å². The van der Waals surface area contributed by atoms with Crippen molar-refractivity contribution in [3.63, 3.8) is 0 Å². The lowest BCUT2D eigenvalue weighted by molar-refractivity contribution is -0.137. The third kappa shape index (κ3) is 5.64. The summed E-state index contributed by atoms with van der Waals surface area (Å²) in [5.41, 5.74) is 0. The van der Waals surface area contributed by atoms with Crippen molar-refractivity contribution in [2.75, 3.05) is 7.05 Å². The summed E-state index contributed by atoms with van der Waals surface area (Å²) in [6.45, 7) is 0.605. The molecule has 0 aliphatic heterocycles. The number of rotatable bonds is 7. The highest BCUT2D eigenvalue weighted by atomic mass is 79.9. The Morgan fingerprint density at radius 2 is 2.00 bits per heavy atom. The molecule has 4 nitrogen and oxygen atoms in total. The van der Waals surface area contributed by atoms with E-state index in [1.807, 2.05) is 12.1 Å². The molecule has 1 heterocycles. The zero-order chi connectivity index (χ0) is 13.5. The average molecular weight is 334 g/mol. The Labute approximate surface area is 119 Å². The SMILES string of the molecule is CN(Cc1ccc(Br)s1)C(=O)CCCCC(=O)O. The van der Waals surface area contributed by atoms with Crippen LogP contribution in [-0.2, 0) is 16.1 Å². The summed E-state index contributed by atoms with van der Waals surface area (Å²) in [5, 5.41) is 8.49. The van der Waals surface area contributed by atoms with Gasteiger partial charge in [0.25, 0.3) is 0 Å². The van der Waals surface area contributed by atoms with Crippen LogP contribution in [0.4, 0.5) is 0 Å². The van der Waals surface area contributed by atoms with E-state index in [-0.39, 0.29) is 12.3 Å². The first-order valence-corrected chi connectivity index (χ1v) is 7.30. The van der Waals surface area contributed by atoms with E-state index in [2.05, 4.69) is 15.9 Å². The van der Waals surface area contributed by atoms with Crippen LogP contribution < -0.4 is 0 Å². The van der Waals surface area contributed by atoms with Crippen LogP contribution in [0, 0.1) is 0 Å². The molecule has 0 radical (unpaired) electrons. The zero-order valence-corrected chi connectivity index (χ0v) is 12.6. The first-order valence-electron chi connectivity index (χ1n) is 5.69. The highest BCUT2D eigenvalue weighted by Crippen LogP contribution is 2.23. The molecule has 0 saturated carbocycles. The van der Waals surface area contributed by atoms with Crippen LogP contribution in [0.25, 0.3) is 0 Å². The summed E-state index contributed by atoms with van der Waals surface area (Å²) in [5.74, 6) is -0.746. The van der Waals surface area contributed by atoms with Gasteiger partial charge >= 0.3 is 5.97 Å². The summed E-state index contributed by atoms with van der Waals surface area (Å²) >= 11 is 4.99. The second kappa shape index (κ2) is 7.53. The fourth-order valence-corrected chi connectivity index (χ4v) is 3.04. The van der Waals surface area contributed by atoms with Crippen molar-refractivity contribution >= 4 is 39.1 Å². The minimum absolute atomic E-state index is 0.0601. The number of carboxylic acids is 1. The van der Waals surface area contributed by atoms with Crippen LogP contribution in [0.15, 0.2) is 15.9 Å². The average Bonchev–Trinajstić information content (AvgIpc) is 2.69. The van der Waals surface area contributed by atoms with Gasteiger partial charge in [-0.05, 0) is 40.9 Å². The number of carbonyl (C=O) groups is 2. The highest BCUT2D eigenvalue weighted by molar-refractivity contribution is 9.11. The first-order chi connectivity index (χ1) is 8.49. The zero-order valence-electron chi connectivity index (χ0n) is 10.2. The molecule has 0 fully saturated rings. The van der Waals surface area contributed by atoms with E-state index < -0.39 is 5.97 Å². The molecule has 0 aliphatic rings. The second-order valence-electron chi connectivity index (χ2n) is 4.06. The molecule has 0 aromatic carbocycles. The number of unbranched alkanes of at least 4 members (excludes halogenated alkanes) is 1. The Morgan fingerprint density at radius 3 is 2.56 bits per heavy atom. The fourth-order valence-electron chi connectivity index (χ4n) is 1.50. The molecule has 1 amide bonds. The van der Waals surface area contributed by atoms with Crippen LogP contribution in [0.5, 0.6) is 0 Å². The van der Waals surface area contributed by atoms with Gasteiger partial charge in [-0.15, -0.1) is 11.3 Å². The first kappa shape index (κ1) is 15.2. The molecule has 18 heavy (non-hydrogen) atoms. The number of nitrogens with zero attached hydrogens (tertiary/aromatic N) is 1. The van der Waals surface area contributed by atoms with Gasteiger partial charge in [0.15, 0.2) is 0 Å². The topological polar surface area (TPSA) is 57.6 Å². The predicted octanol–water partition coefficient (Wildman–Crippen LogP) is 3.11. The maximum absolute atomic E-state index is 11.8. The third-order valence-electron chi connectivity index (χ3n) is 2.48. The van der Waals surface area contributed by atoms with E-state index >= 15 is 0 Å². The van der Waals surface area contributed by atoms with E-state index in [4.69, 9.17) is 5.11 Å². The number of aliphatic carboxylic acids is 1. The lowest BCUT2D eigenvalue weighted by atomic mass is 10.2. The Hall–Kier alpha value is -0.880. The van der Waals surface area contributed by atoms with E-state index in [9.17, 15) is 9.59 Å². The molecule has 0 bridgehead atoms. The van der Waals surface area contributed by atoms with Crippen LogP contribution in [0.1, 0.15) is 30.6 Å². The number of hydrogen-bond acceptors (Lipinski definition) is 3. The molecule has 0 saturated heterocycles. The monoisotopic (exact) mass is 333 g/mol. The predicted molar refractivity (Wildman–Crippen MR) is 74.6 cm³/mol. The number of carboxylic acid groups (broad SMARTS) is 1. The molecular weight excluding hydrogens is 318 g/mol. The highest BCUT2D eigenvalue weighted by Gasteiger charge is 2.10. The molecule has 100 valence electrons. The maximum atomic E-state index is 11.8. The van der Waals surface area contributed by atoms with E-state index in [0.29, 0.717) is 25.8 Å². The van der Waals surface area contributed by atoms with Gasteiger partial charge < -0.3 is 10.0 Å². The molecule has 0 aliphatic carbocycles. The quantitative estimate of drug-likeness (QED) is 0.780. The van der Waals surface area contributed by atoms with E-state index in [0.717, 1.165) is 8.66 Å². The normalized spacial score (nSPS) is 10.3. The molecule has 0 atom stereocenters. The van der Waals surface area contributed by atoms with Gasteiger partial charge in [0, 0.05) is 24.8 Å². The van der Waals surface area contributed by atoms with Gasteiger partial charge in [0.05, 0.1) is 10.3 Å². The molecule has 0 spiro atoms. The Kier molecular flexibility index (Phi) is 6.35. The Morgan fingerprint density at radius 1 is 1.33 bits per heavy atom. The number of amides is 1. The van der Waals surface area contributed by atoms with Crippen LogP contribution in [-0.4, -0.2) is 28.9 Å². The number of hydrogen-bond donors (Lipinski definition) is 1. The van der Waals surface area contributed by atoms with Gasteiger partial charge in [-0.1, -0.05) is 0 Å². The van der Waals surface area contributed by atoms with Gasteiger partial charge in [-0.25, -0.2) is 0 Å². The summed E-state index contributed by atoms with van der Waals surface area (Å²) in [6.07, 6.45) is 1.73. The second-order valence-corrected chi connectivity index (χ2v) is 6.60. The molecular formula is C12H16BrNO3S. The van der Waals surface area contributed by atoms with Gasteiger partial charge in [0.2, 0.25) is 5.91 Å². The minimum Gasteiger partial charge on any atom is -0.481 e. The molecule has 0 unspecified atom stereocenters. The van der Waals surface area contributed by atoms with Gasteiger partial charge in [-0.2, -0.15) is 0 Å².